The van der Waals surface area contributed by atoms with E-state index < -0.39 is 10.0 Å². The summed E-state index contributed by atoms with van der Waals surface area (Å²) in [6.45, 7) is 4.20. The number of sulfonamides is 1. The minimum atomic E-state index is -3.78. The zero-order valence-electron chi connectivity index (χ0n) is 20.3. The summed E-state index contributed by atoms with van der Waals surface area (Å²) in [5, 5.41) is 14.2. The van der Waals surface area contributed by atoms with E-state index in [-0.39, 0.29) is 17.0 Å². The lowest BCUT2D eigenvalue weighted by molar-refractivity contribution is 0.120. The SMILES string of the molecule is COc1ccc(-c2sc(N[C@H](C)C3CCCCC3)nc2C)cc1S(=O)(=O)N[C@H]1CC[C@H](O)CC1. The van der Waals surface area contributed by atoms with E-state index in [1.54, 1.807) is 23.5 Å². The monoisotopic (exact) mass is 507 g/mol. The first-order chi connectivity index (χ1) is 16.3. The van der Waals surface area contributed by atoms with Crippen LogP contribution in [0.15, 0.2) is 23.1 Å². The Labute approximate surface area is 207 Å². The van der Waals surface area contributed by atoms with E-state index in [4.69, 9.17) is 9.72 Å². The van der Waals surface area contributed by atoms with Crippen LogP contribution in [-0.2, 0) is 10.0 Å². The van der Waals surface area contributed by atoms with Gasteiger partial charge in [-0.25, -0.2) is 18.1 Å². The molecule has 0 radical (unpaired) electrons. The summed E-state index contributed by atoms with van der Waals surface area (Å²) in [7, 11) is -2.29. The molecule has 7 nitrogen and oxygen atoms in total. The van der Waals surface area contributed by atoms with Gasteiger partial charge in [-0.3, -0.25) is 0 Å². The zero-order valence-corrected chi connectivity index (χ0v) is 22.0. The summed E-state index contributed by atoms with van der Waals surface area (Å²) in [4.78, 5) is 5.84. The molecule has 0 spiro atoms. The molecule has 1 heterocycles. The van der Waals surface area contributed by atoms with Gasteiger partial charge in [0.1, 0.15) is 10.6 Å². The van der Waals surface area contributed by atoms with E-state index in [9.17, 15) is 13.5 Å². The predicted molar refractivity (Wildman–Crippen MR) is 137 cm³/mol. The molecule has 1 aromatic heterocycles. The van der Waals surface area contributed by atoms with Gasteiger partial charge in [-0.15, -0.1) is 0 Å². The summed E-state index contributed by atoms with van der Waals surface area (Å²) in [5.74, 6) is 0.990. The Bertz CT molecular complexity index is 1070. The van der Waals surface area contributed by atoms with E-state index in [1.165, 1.54) is 39.2 Å². The number of methoxy groups -OCH3 is 1. The van der Waals surface area contributed by atoms with Gasteiger partial charge in [0.2, 0.25) is 10.0 Å². The molecule has 1 atom stereocenters. The first-order valence-corrected chi connectivity index (χ1v) is 14.7. The standard InChI is InChI=1S/C25H37N3O4S2/c1-16(18-7-5-4-6-8-18)26-25-27-17(2)24(33-25)19-9-14-22(32-3)23(15-19)34(30,31)28-20-10-12-21(29)13-11-20/h9,14-16,18,20-21,28-29H,4-8,10-13H2,1-3H3,(H,26,27)/t16-,20-,21-/m1/s1. The number of anilines is 1. The van der Waals surface area contributed by atoms with Crippen LogP contribution in [0.5, 0.6) is 5.75 Å². The number of benzene rings is 1. The highest BCUT2D eigenvalue weighted by atomic mass is 32.2. The highest BCUT2D eigenvalue weighted by Crippen LogP contribution is 2.38. The number of aromatic nitrogens is 1. The second kappa shape index (κ2) is 10.9. The number of aliphatic hydroxyl groups excluding tert-OH is 1. The second-order valence-electron chi connectivity index (χ2n) is 9.76. The molecule has 0 bridgehead atoms. The van der Waals surface area contributed by atoms with Crippen LogP contribution >= 0.6 is 11.3 Å². The first kappa shape index (κ1) is 25.4. The van der Waals surface area contributed by atoms with Gasteiger partial charge in [-0.1, -0.05) is 30.6 Å². The van der Waals surface area contributed by atoms with Gasteiger partial charge >= 0.3 is 0 Å². The molecule has 1 aromatic carbocycles. The topological polar surface area (TPSA) is 101 Å². The van der Waals surface area contributed by atoms with E-state index in [0.29, 0.717) is 43.4 Å². The zero-order chi connectivity index (χ0) is 24.3. The lowest BCUT2D eigenvalue weighted by Gasteiger charge is -2.28. The van der Waals surface area contributed by atoms with Crippen LogP contribution in [0.1, 0.15) is 70.4 Å². The number of hydrogen-bond donors (Lipinski definition) is 3. The van der Waals surface area contributed by atoms with Crippen LogP contribution in [0, 0.1) is 12.8 Å². The van der Waals surface area contributed by atoms with Crippen molar-refractivity contribution in [3.05, 3.63) is 23.9 Å². The summed E-state index contributed by atoms with van der Waals surface area (Å²) >= 11 is 1.57. The van der Waals surface area contributed by atoms with Gasteiger partial charge in [0.25, 0.3) is 0 Å². The fourth-order valence-electron chi connectivity index (χ4n) is 5.18. The molecule has 9 heteroatoms. The van der Waals surface area contributed by atoms with Gasteiger partial charge in [-0.2, -0.15) is 0 Å². The van der Waals surface area contributed by atoms with Crippen molar-refractivity contribution < 1.29 is 18.3 Å². The number of hydrogen-bond acceptors (Lipinski definition) is 7. The Morgan fingerprint density at radius 3 is 2.50 bits per heavy atom. The minimum absolute atomic E-state index is 0.136. The molecule has 188 valence electrons. The van der Waals surface area contributed by atoms with Crippen molar-refractivity contribution >= 4 is 26.5 Å². The van der Waals surface area contributed by atoms with Crippen LogP contribution in [0.2, 0.25) is 0 Å². The van der Waals surface area contributed by atoms with Gasteiger partial charge in [0.15, 0.2) is 5.13 Å². The predicted octanol–water partition coefficient (Wildman–Crippen LogP) is 5.09. The molecule has 2 aromatic rings. The normalized spacial score (nSPS) is 22.9. The average Bonchev–Trinajstić information content (AvgIpc) is 3.20. The van der Waals surface area contributed by atoms with Crippen molar-refractivity contribution in [3.63, 3.8) is 0 Å². The molecule has 0 aliphatic heterocycles. The summed E-state index contributed by atoms with van der Waals surface area (Å²) in [6.07, 6.45) is 8.61. The quantitative estimate of drug-likeness (QED) is 0.460. The number of ether oxygens (including phenoxy) is 1. The summed E-state index contributed by atoms with van der Waals surface area (Å²) in [5.41, 5.74) is 1.69. The first-order valence-electron chi connectivity index (χ1n) is 12.4. The van der Waals surface area contributed by atoms with Crippen LogP contribution in [0.25, 0.3) is 10.4 Å². The molecule has 0 amide bonds. The highest BCUT2D eigenvalue weighted by molar-refractivity contribution is 7.89. The van der Waals surface area contributed by atoms with E-state index in [1.807, 2.05) is 13.0 Å². The van der Waals surface area contributed by atoms with Gasteiger partial charge in [0, 0.05) is 12.1 Å². The van der Waals surface area contributed by atoms with Crippen LogP contribution in [0.3, 0.4) is 0 Å². The van der Waals surface area contributed by atoms with Crippen molar-refractivity contribution in [2.45, 2.75) is 94.7 Å². The third-order valence-corrected chi connectivity index (χ3v) is 9.92. The van der Waals surface area contributed by atoms with Crippen molar-refractivity contribution in [3.8, 4) is 16.2 Å². The highest BCUT2D eigenvalue weighted by Gasteiger charge is 2.28. The molecule has 2 aliphatic rings. The molecule has 0 saturated heterocycles. The van der Waals surface area contributed by atoms with Crippen LogP contribution in [0.4, 0.5) is 5.13 Å². The lowest BCUT2D eigenvalue weighted by Crippen LogP contribution is -2.38. The largest absolute Gasteiger partial charge is 0.495 e. The fourth-order valence-corrected chi connectivity index (χ4v) is 7.74. The maximum Gasteiger partial charge on any atom is 0.244 e. The number of aryl methyl sites for hydroxylation is 1. The maximum absolute atomic E-state index is 13.3. The van der Waals surface area contributed by atoms with Crippen molar-refractivity contribution in [1.82, 2.24) is 9.71 Å². The lowest BCUT2D eigenvalue weighted by atomic mass is 9.85. The Kier molecular flexibility index (Phi) is 8.17. The number of rotatable bonds is 8. The van der Waals surface area contributed by atoms with Crippen LogP contribution < -0.4 is 14.8 Å². The van der Waals surface area contributed by atoms with Crippen molar-refractivity contribution in [2.24, 2.45) is 5.92 Å². The van der Waals surface area contributed by atoms with Gasteiger partial charge in [-0.05, 0) is 82.1 Å². The molecule has 3 N–H and O–H groups in total. The Balaban J connectivity index is 1.55. The molecule has 2 fully saturated rings. The number of nitrogens with one attached hydrogen (secondary N) is 2. The maximum atomic E-state index is 13.3. The van der Waals surface area contributed by atoms with Gasteiger partial charge < -0.3 is 15.2 Å². The molecule has 34 heavy (non-hydrogen) atoms. The Hall–Kier alpha value is -1.68. The van der Waals surface area contributed by atoms with E-state index >= 15 is 0 Å². The molecular formula is C25H37N3O4S2. The molecular weight excluding hydrogens is 470 g/mol. The second-order valence-corrected chi connectivity index (χ2v) is 12.4. The van der Waals surface area contributed by atoms with E-state index in [0.717, 1.165) is 21.3 Å². The fraction of sp³-hybridized carbons (Fsp3) is 0.640. The molecule has 2 saturated carbocycles. The minimum Gasteiger partial charge on any atom is -0.495 e. The average molecular weight is 508 g/mol. The number of nitrogens with zero attached hydrogens (tertiary/aromatic N) is 1. The molecule has 4 rings (SSSR count). The third kappa shape index (κ3) is 5.93. The summed E-state index contributed by atoms with van der Waals surface area (Å²) < 4.78 is 34.8. The van der Waals surface area contributed by atoms with Gasteiger partial charge in [0.05, 0.1) is 23.8 Å². The number of aliphatic hydroxyl groups is 1. The molecule has 2 aliphatic carbocycles. The van der Waals surface area contributed by atoms with Crippen LogP contribution in [-0.4, -0.2) is 43.8 Å². The van der Waals surface area contributed by atoms with Crippen molar-refractivity contribution in [2.75, 3.05) is 12.4 Å². The number of thiazole rings is 1. The van der Waals surface area contributed by atoms with Crippen molar-refractivity contribution in [1.29, 1.82) is 0 Å². The smallest absolute Gasteiger partial charge is 0.244 e. The third-order valence-electron chi connectivity index (χ3n) is 7.24. The Morgan fingerprint density at radius 2 is 1.82 bits per heavy atom. The summed E-state index contributed by atoms with van der Waals surface area (Å²) in [6, 6.07) is 5.48. The molecule has 0 unspecified atom stereocenters. The van der Waals surface area contributed by atoms with E-state index in [2.05, 4.69) is 17.0 Å². The Morgan fingerprint density at radius 1 is 1.12 bits per heavy atom.